The van der Waals surface area contributed by atoms with E-state index in [9.17, 15) is 8.42 Å². The highest BCUT2D eigenvalue weighted by Gasteiger charge is 2.15. The predicted octanol–water partition coefficient (Wildman–Crippen LogP) is 0.663. The molecule has 1 aromatic heterocycles. The minimum absolute atomic E-state index is 0.168. The number of benzene rings is 1. The topological polar surface area (TPSA) is 101 Å². The molecule has 0 aliphatic rings. The third-order valence-corrected chi connectivity index (χ3v) is 4.17. The molecule has 1 aromatic carbocycles. The van der Waals surface area contributed by atoms with E-state index in [0.717, 1.165) is 5.56 Å². The summed E-state index contributed by atoms with van der Waals surface area (Å²) in [5.41, 5.74) is 7.51. The molecule has 0 radical (unpaired) electrons. The Morgan fingerprint density at radius 2 is 2.15 bits per heavy atom. The molecule has 6 nitrogen and oxygen atoms in total. The second kappa shape index (κ2) is 6.12. The SMILES string of the molecule is NC(=S)c1ccccc1CS(=O)(=O)NCc1cn[nH]c1. The molecule has 2 aromatic rings. The van der Waals surface area contributed by atoms with Crippen molar-refractivity contribution >= 4 is 27.2 Å². The number of rotatable bonds is 6. The van der Waals surface area contributed by atoms with Gasteiger partial charge in [-0.05, 0) is 5.56 Å². The highest BCUT2D eigenvalue weighted by atomic mass is 32.2. The molecule has 2 rings (SSSR count). The standard InChI is InChI=1S/C12H14N4O2S2/c13-12(19)11-4-2-1-3-10(11)8-20(17,18)16-7-9-5-14-15-6-9/h1-6,16H,7-8H2,(H2,13,19)(H,14,15). The van der Waals surface area contributed by atoms with E-state index >= 15 is 0 Å². The fraction of sp³-hybridized carbons (Fsp3) is 0.167. The third-order valence-electron chi connectivity index (χ3n) is 2.68. The first kappa shape index (κ1) is 14.6. The van der Waals surface area contributed by atoms with Gasteiger partial charge in [0.05, 0.1) is 11.9 Å². The molecular formula is C12H14N4O2S2. The van der Waals surface area contributed by atoms with Crippen LogP contribution < -0.4 is 10.5 Å². The van der Waals surface area contributed by atoms with E-state index in [2.05, 4.69) is 14.9 Å². The zero-order valence-corrected chi connectivity index (χ0v) is 12.2. The van der Waals surface area contributed by atoms with Crippen LogP contribution in [0.3, 0.4) is 0 Å². The van der Waals surface area contributed by atoms with Crippen LogP contribution in [0.2, 0.25) is 0 Å². The minimum atomic E-state index is -3.47. The quantitative estimate of drug-likeness (QED) is 0.681. The molecule has 0 amide bonds. The van der Waals surface area contributed by atoms with Gasteiger partial charge in [0.1, 0.15) is 4.99 Å². The van der Waals surface area contributed by atoms with Gasteiger partial charge in [-0.2, -0.15) is 5.10 Å². The fourth-order valence-corrected chi connectivity index (χ4v) is 3.06. The van der Waals surface area contributed by atoms with Gasteiger partial charge in [0.15, 0.2) is 0 Å². The number of hydrogen-bond acceptors (Lipinski definition) is 4. The van der Waals surface area contributed by atoms with Crippen LogP contribution in [0, 0.1) is 0 Å². The van der Waals surface area contributed by atoms with Crippen molar-refractivity contribution in [2.24, 2.45) is 5.73 Å². The average molecular weight is 310 g/mol. The number of hydrogen-bond donors (Lipinski definition) is 3. The summed E-state index contributed by atoms with van der Waals surface area (Å²) >= 11 is 4.92. The van der Waals surface area contributed by atoms with Crippen LogP contribution in [0.4, 0.5) is 0 Å². The van der Waals surface area contributed by atoms with Gasteiger partial charge in [-0.1, -0.05) is 36.5 Å². The molecule has 0 atom stereocenters. The van der Waals surface area contributed by atoms with Crippen LogP contribution in [-0.2, 0) is 22.3 Å². The van der Waals surface area contributed by atoms with Crippen LogP contribution >= 0.6 is 12.2 Å². The molecule has 0 bridgehead atoms. The maximum absolute atomic E-state index is 12.0. The Bertz CT molecular complexity index is 696. The normalized spacial score (nSPS) is 11.4. The highest BCUT2D eigenvalue weighted by Crippen LogP contribution is 2.12. The number of thiocarbonyl (C=S) groups is 1. The average Bonchev–Trinajstić information content (AvgIpc) is 2.89. The van der Waals surface area contributed by atoms with Gasteiger partial charge in [-0.15, -0.1) is 0 Å². The lowest BCUT2D eigenvalue weighted by Crippen LogP contribution is -2.25. The second-order valence-corrected chi connectivity index (χ2v) is 6.45. The zero-order valence-electron chi connectivity index (χ0n) is 10.5. The van der Waals surface area contributed by atoms with E-state index in [4.69, 9.17) is 18.0 Å². The second-order valence-electron chi connectivity index (χ2n) is 4.21. The molecule has 0 unspecified atom stereocenters. The lowest BCUT2D eigenvalue weighted by atomic mass is 10.1. The molecule has 1 heterocycles. The Hall–Kier alpha value is -1.77. The Morgan fingerprint density at radius 3 is 2.80 bits per heavy atom. The summed E-state index contributed by atoms with van der Waals surface area (Å²) in [6.07, 6.45) is 3.19. The molecule has 0 spiro atoms. The number of aromatic amines is 1. The Morgan fingerprint density at radius 1 is 1.40 bits per heavy atom. The van der Waals surface area contributed by atoms with Crippen LogP contribution in [-0.4, -0.2) is 23.6 Å². The summed E-state index contributed by atoms with van der Waals surface area (Å²) in [5, 5.41) is 6.37. The first-order valence-corrected chi connectivity index (χ1v) is 7.87. The fourth-order valence-electron chi connectivity index (χ4n) is 1.71. The molecule has 20 heavy (non-hydrogen) atoms. The maximum Gasteiger partial charge on any atom is 0.216 e. The van der Waals surface area contributed by atoms with Gasteiger partial charge >= 0.3 is 0 Å². The largest absolute Gasteiger partial charge is 0.389 e. The van der Waals surface area contributed by atoms with Crippen molar-refractivity contribution in [3.8, 4) is 0 Å². The summed E-state index contributed by atoms with van der Waals surface area (Å²) < 4.78 is 26.6. The highest BCUT2D eigenvalue weighted by molar-refractivity contribution is 7.88. The van der Waals surface area contributed by atoms with Gasteiger partial charge in [-0.25, -0.2) is 13.1 Å². The van der Waals surface area contributed by atoms with Gasteiger partial charge in [0, 0.05) is 23.9 Å². The van der Waals surface area contributed by atoms with Gasteiger partial charge < -0.3 is 5.73 Å². The number of nitrogens with two attached hydrogens (primary N) is 1. The molecule has 0 aliphatic heterocycles. The molecule has 8 heteroatoms. The van der Waals surface area contributed by atoms with E-state index in [1.54, 1.807) is 36.7 Å². The number of aromatic nitrogens is 2. The van der Waals surface area contributed by atoms with Crippen molar-refractivity contribution in [2.75, 3.05) is 0 Å². The Labute approximate surface area is 122 Å². The van der Waals surface area contributed by atoms with Gasteiger partial charge in [0.25, 0.3) is 0 Å². The van der Waals surface area contributed by atoms with Crippen molar-refractivity contribution in [3.63, 3.8) is 0 Å². The van der Waals surface area contributed by atoms with Gasteiger partial charge in [0.2, 0.25) is 10.0 Å². The van der Waals surface area contributed by atoms with E-state index in [0.29, 0.717) is 11.1 Å². The summed E-state index contributed by atoms with van der Waals surface area (Å²) in [7, 11) is -3.47. The maximum atomic E-state index is 12.0. The van der Waals surface area contributed by atoms with E-state index in [1.807, 2.05) is 0 Å². The van der Waals surface area contributed by atoms with Gasteiger partial charge in [-0.3, -0.25) is 5.10 Å². The molecule has 0 saturated carbocycles. The lowest BCUT2D eigenvalue weighted by Gasteiger charge is -2.09. The first-order chi connectivity index (χ1) is 9.48. The summed E-state index contributed by atoms with van der Waals surface area (Å²) in [6, 6.07) is 6.93. The first-order valence-electron chi connectivity index (χ1n) is 5.80. The van der Waals surface area contributed by atoms with Crippen LogP contribution in [0.5, 0.6) is 0 Å². The van der Waals surface area contributed by atoms with Crippen LogP contribution in [0.15, 0.2) is 36.7 Å². The number of nitrogens with one attached hydrogen (secondary N) is 2. The minimum Gasteiger partial charge on any atom is -0.389 e. The Kier molecular flexibility index (Phi) is 4.48. The van der Waals surface area contributed by atoms with Crippen molar-refractivity contribution in [1.29, 1.82) is 0 Å². The van der Waals surface area contributed by atoms with Crippen molar-refractivity contribution in [1.82, 2.24) is 14.9 Å². The van der Waals surface area contributed by atoms with E-state index in [1.165, 1.54) is 0 Å². The summed E-state index contributed by atoms with van der Waals surface area (Å²) in [4.78, 5) is 0.186. The van der Waals surface area contributed by atoms with Crippen molar-refractivity contribution in [3.05, 3.63) is 53.3 Å². The predicted molar refractivity (Wildman–Crippen MR) is 80.4 cm³/mol. The summed E-state index contributed by atoms with van der Waals surface area (Å²) in [6.45, 7) is 0.189. The van der Waals surface area contributed by atoms with Crippen molar-refractivity contribution in [2.45, 2.75) is 12.3 Å². The molecular weight excluding hydrogens is 296 g/mol. The Balaban J connectivity index is 2.10. The molecule has 0 aliphatic carbocycles. The smallest absolute Gasteiger partial charge is 0.216 e. The molecule has 4 N–H and O–H groups in total. The molecule has 0 fully saturated rings. The monoisotopic (exact) mass is 310 g/mol. The number of H-pyrrole nitrogens is 1. The van der Waals surface area contributed by atoms with E-state index in [-0.39, 0.29) is 17.3 Å². The van der Waals surface area contributed by atoms with Crippen molar-refractivity contribution < 1.29 is 8.42 Å². The summed E-state index contributed by atoms with van der Waals surface area (Å²) in [5.74, 6) is -0.168. The van der Waals surface area contributed by atoms with Crippen LogP contribution in [0.25, 0.3) is 0 Å². The molecule has 106 valence electrons. The third kappa shape index (κ3) is 3.86. The number of sulfonamides is 1. The van der Waals surface area contributed by atoms with Crippen LogP contribution in [0.1, 0.15) is 16.7 Å². The lowest BCUT2D eigenvalue weighted by molar-refractivity contribution is 0.580. The van der Waals surface area contributed by atoms with E-state index < -0.39 is 10.0 Å². The zero-order chi connectivity index (χ0) is 14.6. The number of nitrogens with zero attached hydrogens (tertiary/aromatic N) is 1. The molecule has 0 saturated heterocycles.